The van der Waals surface area contributed by atoms with Crippen LogP contribution in [-0.4, -0.2) is 29.2 Å². The lowest BCUT2D eigenvalue weighted by atomic mass is 9.93. The highest BCUT2D eigenvalue weighted by Crippen LogP contribution is 2.30. The molecule has 2 N–H and O–H groups in total. The number of anilines is 1. The molecule has 1 aliphatic rings. The fourth-order valence-corrected chi connectivity index (χ4v) is 2.87. The van der Waals surface area contributed by atoms with Crippen molar-refractivity contribution in [3.05, 3.63) is 65.2 Å². The summed E-state index contributed by atoms with van der Waals surface area (Å²) in [6, 6.07) is 9.56. The highest BCUT2D eigenvalue weighted by Gasteiger charge is 2.30. The van der Waals surface area contributed by atoms with Crippen molar-refractivity contribution in [2.45, 2.75) is 12.5 Å². The van der Waals surface area contributed by atoms with Crippen LogP contribution in [0.3, 0.4) is 0 Å². The van der Waals surface area contributed by atoms with Crippen LogP contribution in [0.4, 0.5) is 19.3 Å². The third kappa shape index (κ3) is 3.03. The molecule has 0 bridgehead atoms. The number of aliphatic hydroxyl groups excluding tert-OH is 1. The number of hydrogen-bond acceptors (Lipinski definition) is 2. The maximum atomic E-state index is 13.7. The van der Waals surface area contributed by atoms with E-state index in [1.165, 1.54) is 11.0 Å². The molecule has 4 nitrogen and oxygen atoms in total. The van der Waals surface area contributed by atoms with Gasteiger partial charge in [0.1, 0.15) is 11.6 Å². The van der Waals surface area contributed by atoms with Gasteiger partial charge in [0.15, 0.2) is 0 Å². The van der Waals surface area contributed by atoms with Crippen LogP contribution in [0.2, 0.25) is 0 Å². The van der Waals surface area contributed by atoms with Gasteiger partial charge < -0.3 is 15.3 Å². The van der Waals surface area contributed by atoms with Gasteiger partial charge in [0, 0.05) is 12.6 Å². The summed E-state index contributed by atoms with van der Waals surface area (Å²) >= 11 is 0. The number of carbonyl (C=O) groups is 1. The Bertz CT molecular complexity index is 736. The minimum absolute atomic E-state index is 0.0908. The maximum absolute atomic E-state index is 13.7. The van der Waals surface area contributed by atoms with Crippen LogP contribution in [0, 0.1) is 11.6 Å². The molecule has 1 heterocycles. The van der Waals surface area contributed by atoms with Gasteiger partial charge in [0.05, 0.1) is 18.3 Å². The molecule has 1 aliphatic heterocycles. The van der Waals surface area contributed by atoms with Gasteiger partial charge in [0.25, 0.3) is 0 Å². The summed E-state index contributed by atoms with van der Waals surface area (Å²) in [6.07, 6.45) is 0.659. The van der Waals surface area contributed by atoms with E-state index in [1.807, 2.05) is 24.3 Å². The lowest BCUT2D eigenvalue weighted by Crippen LogP contribution is -2.44. The predicted octanol–water partition coefficient (Wildman–Crippen LogP) is 3.09. The third-order valence-electron chi connectivity index (χ3n) is 4.02. The Morgan fingerprint density at radius 3 is 2.78 bits per heavy atom. The van der Waals surface area contributed by atoms with Crippen LogP contribution >= 0.6 is 0 Å². The molecule has 23 heavy (non-hydrogen) atoms. The van der Waals surface area contributed by atoms with Crippen LogP contribution in [0.25, 0.3) is 0 Å². The van der Waals surface area contributed by atoms with Gasteiger partial charge in [0.2, 0.25) is 0 Å². The molecule has 6 heteroatoms. The lowest BCUT2D eigenvalue weighted by Gasteiger charge is -2.36. The van der Waals surface area contributed by atoms with E-state index < -0.39 is 23.7 Å². The second kappa shape index (κ2) is 6.34. The summed E-state index contributed by atoms with van der Waals surface area (Å²) in [5, 5.41) is 12.1. The van der Waals surface area contributed by atoms with Gasteiger partial charge >= 0.3 is 6.03 Å². The van der Waals surface area contributed by atoms with Crippen LogP contribution in [-0.2, 0) is 6.42 Å². The number of rotatable bonds is 2. The third-order valence-corrected chi connectivity index (χ3v) is 4.02. The number of halogens is 2. The molecule has 0 saturated carbocycles. The number of hydrogen-bond donors (Lipinski definition) is 2. The molecular weight excluding hydrogens is 302 g/mol. The van der Waals surface area contributed by atoms with Gasteiger partial charge in [-0.05, 0) is 29.7 Å². The van der Waals surface area contributed by atoms with Crippen molar-refractivity contribution < 1.29 is 18.7 Å². The molecular formula is C17H16F2N2O2. The first-order valence-corrected chi connectivity index (χ1v) is 7.31. The fraction of sp³-hybridized carbons (Fsp3) is 0.235. The first-order chi connectivity index (χ1) is 11.1. The van der Waals surface area contributed by atoms with Crippen molar-refractivity contribution in [1.82, 2.24) is 4.90 Å². The Morgan fingerprint density at radius 2 is 2.04 bits per heavy atom. The summed E-state index contributed by atoms with van der Waals surface area (Å²) in [7, 11) is 0. The van der Waals surface area contributed by atoms with Crippen molar-refractivity contribution in [3.8, 4) is 0 Å². The summed E-state index contributed by atoms with van der Waals surface area (Å²) in [5.74, 6) is -1.54. The highest BCUT2D eigenvalue weighted by molar-refractivity contribution is 5.90. The zero-order chi connectivity index (χ0) is 16.4. The molecule has 1 atom stereocenters. The number of carbonyl (C=O) groups excluding carboxylic acids is 1. The van der Waals surface area contributed by atoms with E-state index in [2.05, 4.69) is 5.32 Å². The second-order valence-electron chi connectivity index (χ2n) is 5.39. The summed E-state index contributed by atoms with van der Waals surface area (Å²) < 4.78 is 26.6. The number of benzene rings is 2. The Morgan fingerprint density at radius 1 is 1.26 bits per heavy atom. The Labute approximate surface area is 132 Å². The van der Waals surface area contributed by atoms with E-state index in [4.69, 9.17) is 0 Å². The molecule has 2 aromatic rings. The van der Waals surface area contributed by atoms with E-state index in [0.29, 0.717) is 19.0 Å². The van der Waals surface area contributed by atoms with E-state index >= 15 is 0 Å². The first kappa shape index (κ1) is 15.4. The van der Waals surface area contributed by atoms with Crippen LogP contribution < -0.4 is 5.32 Å². The smallest absolute Gasteiger partial charge is 0.322 e. The minimum Gasteiger partial charge on any atom is -0.394 e. The van der Waals surface area contributed by atoms with Crippen molar-refractivity contribution in [2.24, 2.45) is 0 Å². The molecule has 0 saturated heterocycles. The topological polar surface area (TPSA) is 52.6 Å². The van der Waals surface area contributed by atoms with Crippen molar-refractivity contribution in [3.63, 3.8) is 0 Å². The normalized spacial score (nSPS) is 16.8. The standard InChI is InChI=1S/C17H16F2N2O2/c18-12-5-6-15(14(19)9-12)20-17(23)21-8-7-11-3-1-2-4-13(11)16(21)10-22/h1-6,9,16,22H,7-8,10H2,(H,20,23)/t16-/m0/s1. The van der Waals surface area contributed by atoms with Crippen LogP contribution in [0.1, 0.15) is 17.2 Å². The Balaban J connectivity index is 1.82. The first-order valence-electron chi connectivity index (χ1n) is 7.31. The van der Waals surface area contributed by atoms with E-state index in [-0.39, 0.29) is 12.3 Å². The molecule has 0 aromatic heterocycles. The van der Waals surface area contributed by atoms with Gasteiger partial charge in [-0.3, -0.25) is 0 Å². The zero-order valence-electron chi connectivity index (χ0n) is 12.3. The molecule has 0 radical (unpaired) electrons. The predicted molar refractivity (Wildman–Crippen MR) is 82.1 cm³/mol. The van der Waals surface area contributed by atoms with Crippen LogP contribution in [0.5, 0.6) is 0 Å². The number of fused-ring (bicyclic) bond motifs is 1. The number of amides is 2. The zero-order valence-corrected chi connectivity index (χ0v) is 12.3. The molecule has 3 rings (SSSR count). The monoisotopic (exact) mass is 318 g/mol. The average Bonchev–Trinajstić information content (AvgIpc) is 2.56. The number of aliphatic hydroxyl groups is 1. The maximum Gasteiger partial charge on any atom is 0.322 e. The van der Waals surface area contributed by atoms with E-state index in [1.54, 1.807) is 0 Å². The van der Waals surface area contributed by atoms with Gasteiger partial charge in [-0.15, -0.1) is 0 Å². The van der Waals surface area contributed by atoms with Gasteiger partial charge in [-0.2, -0.15) is 0 Å². The quantitative estimate of drug-likeness (QED) is 0.894. The second-order valence-corrected chi connectivity index (χ2v) is 5.39. The Kier molecular flexibility index (Phi) is 4.25. The minimum atomic E-state index is -0.837. The Hall–Kier alpha value is -2.47. The van der Waals surface area contributed by atoms with Gasteiger partial charge in [-0.1, -0.05) is 24.3 Å². The molecule has 2 aromatic carbocycles. The van der Waals surface area contributed by atoms with E-state index in [0.717, 1.165) is 17.2 Å². The number of nitrogens with one attached hydrogen (secondary N) is 1. The SMILES string of the molecule is O=C(Nc1ccc(F)cc1F)N1CCc2ccccc2[C@@H]1CO. The molecule has 120 valence electrons. The summed E-state index contributed by atoms with van der Waals surface area (Å²) in [4.78, 5) is 13.9. The van der Waals surface area contributed by atoms with Crippen molar-refractivity contribution >= 4 is 11.7 Å². The number of nitrogens with zero attached hydrogens (tertiary/aromatic N) is 1. The fourth-order valence-electron chi connectivity index (χ4n) is 2.87. The van der Waals surface area contributed by atoms with Crippen molar-refractivity contribution in [2.75, 3.05) is 18.5 Å². The molecule has 0 fully saturated rings. The molecule has 0 spiro atoms. The largest absolute Gasteiger partial charge is 0.394 e. The van der Waals surface area contributed by atoms with Crippen molar-refractivity contribution in [1.29, 1.82) is 0 Å². The summed E-state index contributed by atoms with van der Waals surface area (Å²) in [5.41, 5.74) is 1.88. The van der Waals surface area contributed by atoms with Gasteiger partial charge in [-0.25, -0.2) is 13.6 Å². The lowest BCUT2D eigenvalue weighted by molar-refractivity contribution is 0.135. The molecule has 2 amide bonds. The average molecular weight is 318 g/mol. The molecule has 0 unspecified atom stereocenters. The summed E-state index contributed by atoms with van der Waals surface area (Å²) in [6.45, 7) is 0.188. The van der Waals surface area contributed by atoms with Crippen LogP contribution in [0.15, 0.2) is 42.5 Å². The highest BCUT2D eigenvalue weighted by atomic mass is 19.1. The number of urea groups is 1. The van der Waals surface area contributed by atoms with E-state index in [9.17, 15) is 18.7 Å². The molecule has 0 aliphatic carbocycles.